The SMILES string of the molecule is CC=Cc1ccccc1C(C)O[SiH3]. The molecule has 0 saturated carbocycles. The molecule has 0 bridgehead atoms. The van der Waals surface area contributed by atoms with Crippen molar-refractivity contribution in [3.63, 3.8) is 0 Å². The van der Waals surface area contributed by atoms with Crippen molar-refractivity contribution in [1.29, 1.82) is 0 Å². The summed E-state index contributed by atoms with van der Waals surface area (Å²) in [6.07, 6.45) is 4.39. The van der Waals surface area contributed by atoms with Gasteiger partial charge in [-0.05, 0) is 25.0 Å². The smallest absolute Gasteiger partial charge is 0.146 e. The number of hydrogen-bond acceptors (Lipinski definition) is 1. The first-order valence-electron chi connectivity index (χ1n) is 4.54. The lowest BCUT2D eigenvalue weighted by Crippen LogP contribution is -1.98. The lowest BCUT2D eigenvalue weighted by molar-refractivity contribution is 0.250. The minimum Gasteiger partial charge on any atom is -0.421 e. The first-order chi connectivity index (χ1) is 6.29. The van der Waals surface area contributed by atoms with Gasteiger partial charge in [-0.25, -0.2) is 0 Å². The van der Waals surface area contributed by atoms with Crippen molar-refractivity contribution in [2.75, 3.05) is 0 Å². The van der Waals surface area contributed by atoms with Crippen LogP contribution in [-0.2, 0) is 4.43 Å². The fourth-order valence-corrected chi connectivity index (χ4v) is 1.59. The summed E-state index contributed by atoms with van der Waals surface area (Å²) in [6, 6.07) is 8.35. The molecule has 1 aromatic rings. The maximum absolute atomic E-state index is 5.43. The van der Waals surface area contributed by atoms with Gasteiger partial charge in [0.1, 0.15) is 10.5 Å². The molecule has 0 aliphatic heterocycles. The third-order valence-electron chi connectivity index (χ3n) is 2.13. The molecule has 0 N–H and O–H groups in total. The molecule has 0 heterocycles. The zero-order valence-corrected chi connectivity index (χ0v) is 10.4. The molecule has 1 unspecified atom stereocenters. The van der Waals surface area contributed by atoms with E-state index >= 15 is 0 Å². The van der Waals surface area contributed by atoms with Crippen molar-refractivity contribution in [3.05, 3.63) is 41.5 Å². The van der Waals surface area contributed by atoms with Crippen LogP contribution in [0.5, 0.6) is 0 Å². The molecule has 1 nitrogen and oxygen atoms in total. The number of rotatable bonds is 3. The van der Waals surface area contributed by atoms with Crippen LogP contribution in [-0.4, -0.2) is 10.5 Å². The van der Waals surface area contributed by atoms with Crippen molar-refractivity contribution in [3.8, 4) is 0 Å². The summed E-state index contributed by atoms with van der Waals surface area (Å²) in [4.78, 5) is 0. The Labute approximate surface area is 83.0 Å². The molecular formula is C11H16OSi. The van der Waals surface area contributed by atoms with Crippen LogP contribution < -0.4 is 0 Å². The summed E-state index contributed by atoms with van der Waals surface area (Å²) in [5.41, 5.74) is 2.53. The molecule has 2 heteroatoms. The average Bonchev–Trinajstić information content (AvgIpc) is 2.18. The number of benzene rings is 1. The average molecular weight is 192 g/mol. The highest BCUT2D eigenvalue weighted by atomic mass is 28.2. The van der Waals surface area contributed by atoms with Crippen LogP contribution in [0.15, 0.2) is 30.3 Å². The second-order valence-corrected chi connectivity index (χ2v) is 3.48. The summed E-state index contributed by atoms with van der Waals surface area (Å²) in [5.74, 6) is 0. The van der Waals surface area contributed by atoms with Gasteiger partial charge in [-0.1, -0.05) is 36.4 Å². The maximum atomic E-state index is 5.43. The summed E-state index contributed by atoms with van der Waals surface area (Å²) < 4.78 is 5.43. The molecule has 0 fully saturated rings. The van der Waals surface area contributed by atoms with Crippen molar-refractivity contribution < 1.29 is 4.43 Å². The topological polar surface area (TPSA) is 9.23 Å². The Hall–Kier alpha value is -0.863. The summed E-state index contributed by atoms with van der Waals surface area (Å²) >= 11 is 0. The number of allylic oxidation sites excluding steroid dienone is 1. The van der Waals surface area contributed by atoms with E-state index in [1.165, 1.54) is 11.1 Å². The molecule has 0 aliphatic rings. The van der Waals surface area contributed by atoms with Crippen molar-refractivity contribution >= 4 is 16.6 Å². The quantitative estimate of drug-likeness (QED) is 0.666. The minimum atomic E-state index is 0.221. The van der Waals surface area contributed by atoms with Gasteiger partial charge in [0.2, 0.25) is 0 Å². The van der Waals surface area contributed by atoms with Crippen LogP contribution in [0.2, 0.25) is 0 Å². The highest BCUT2D eigenvalue weighted by molar-refractivity contribution is 5.98. The third kappa shape index (κ3) is 2.54. The van der Waals surface area contributed by atoms with E-state index in [4.69, 9.17) is 4.43 Å². The van der Waals surface area contributed by atoms with E-state index in [-0.39, 0.29) is 6.10 Å². The second kappa shape index (κ2) is 4.99. The normalized spacial score (nSPS) is 13.7. The predicted molar refractivity (Wildman–Crippen MR) is 60.6 cm³/mol. The lowest BCUT2D eigenvalue weighted by Gasteiger charge is -2.13. The molecule has 0 aliphatic carbocycles. The van der Waals surface area contributed by atoms with E-state index in [1.54, 1.807) is 0 Å². The first-order valence-corrected chi connectivity index (χ1v) is 5.35. The zero-order chi connectivity index (χ0) is 9.68. The van der Waals surface area contributed by atoms with E-state index in [9.17, 15) is 0 Å². The Morgan fingerprint density at radius 3 is 2.69 bits per heavy atom. The van der Waals surface area contributed by atoms with E-state index in [0.717, 1.165) is 10.5 Å². The third-order valence-corrected chi connectivity index (χ3v) is 2.84. The molecule has 0 saturated heterocycles. The van der Waals surface area contributed by atoms with Crippen molar-refractivity contribution in [1.82, 2.24) is 0 Å². The highest BCUT2D eigenvalue weighted by Gasteiger charge is 2.05. The molecule has 0 spiro atoms. The molecule has 0 aromatic heterocycles. The van der Waals surface area contributed by atoms with Crippen LogP contribution in [0.25, 0.3) is 6.08 Å². The number of hydrogen-bond donors (Lipinski definition) is 0. The Morgan fingerprint density at radius 1 is 1.38 bits per heavy atom. The summed E-state index contributed by atoms with van der Waals surface area (Å²) in [5, 5.41) is 0. The maximum Gasteiger partial charge on any atom is 0.146 e. The Kier molecular flexibility index (Phi) is 3.93. The monoisotopic (exact) mass is 192 g/mol. The molecule has 13 heavy (non-hydrogen) atoms. The molecule has 1 atom stereocenters. The summed E-state index contributed by atoms with van der Waals surface area (Å²) in [6.45, 7) is 4.12. The second-order valence-electron chi connectivity index (χ2n) is 3.01. The van der Waals surface area contributed by atoms with Crippen LogP contribution in [0, 0.1) is 0 Å². The molecule has 0 amide bonds. The van der Waals surface area contributed by atoms with Gasteiger partial charge in [0.05, 0.1) is 6.10 Å². The van der Waals surface area contributed by atoms with Gasteiger partial charge in [-0.15, -0.1) is 0 Å². The van der Waals surface area contributed by atoms with E-state index < -0.39 is 0 Å². The van der Waals surface area contributed by atoms with Crippen LogP contribution >= 0.6 is 0 Å². The fraction of sp³-hybridized carbons (Fsp3) is 0.273. The van der Waals surface area contributed by atoms with E-state index in [2.05, 4.69) is 43.3 Å². The molecule has 0 radical (unpaired) electrons. The van der Waals surface area contributed by atoms with Gasteiger partial charge in [0.25, 0.3) is 0 Å². The van der Waals surface area contributed by atoms with E-state index in [0.29, 0.717) is 0 Å². The van der Waals surface area contributed by atoms with Gasteiger partial charge in [0, 0.05) is 0 Å². The van der Waals surface area contributed by atoms with Gasteiger partial charge in [0.15, 0.2) is 0 Å². The first kappa shape index (κ1) is 10.2. The largest absolute Gasteiger partial charge is 0.421 e. The van der Waals surface area contributed by atoms with Gasteiger partial charge >= 0.3 is 0 Å². The molecule has 70 valence electrons. The fourth-order valence-electron chi connectivity index (χ4n) is 1.34. The zero-order valence-electron chi connectivity index (χ0n) is 8.45. The van der Waals surface area contributed by atoms with E-state index in [1.807, 2.05) is 6.92 Å². The predicted octanol–water partition coefficient (Wildman–Crippen LogP) is 2.08. The van der Waals surface area contributed by atoms with Crippen LogP contribution in [0.3, 0.4) is 0 Å². The van der Waals surface area contributed by atoms with Gasteiger partial charge in [-0.2, -0.15) is 0 Å². The standard InChI is InChI=1S/C11H16OSi/c1-3-6-10-7-4-5-8-11(10)9(2)12-13/h3-9H,1-2,13H3. The molecule has 1 rings (SSSR count). The van der Waals surface area contributed by atoms with Crippen LogP contribution in [0.1, 0.15) is 31.1 Å². The lowest BCUT2D eigenvalue weighted by atomic mass is 10.0. The Morgan fingerprint density at radius 2 is 2.08 bits per heavy atom. The minimum absolute atomic E-state index is 0.221. The van der Waals surface area contributed by atoms with Gasteiger partial charge < -0.3 is 4.43 Å². The van der Waals surface area contributed by atoms with Crippen LogP contribution in [0.4, 0.5) is 0 Å². The van der Waals surface area contributed by atoms with Crippen molar-refractivity contribution in [2.45, 2.75) is 20.0 Å². The Bertz CT molecular complexity index is 294. The highest BCUT2D eigenvalue weighted by Crippen LogP contribution is 2.20. The Balaban J connectivity index is 3.04. The van der Waals surface area contributed by atoms with Gasteiger partial charge in [-0.3, -0.25) is 0 Å². The molecular weight excluding hydrogens is 176 g/mol. The van der Waals surface area contributed by atoms with Crippen molar-refractivity contribution in [2.24, 2.45) is 0 Å². The summed E-state index contributed by atoms with van der Waals surface area (Å²) in [7, 11) is 0.786. The molecule has 1 aromatic carbocycles.